The lowest BCUT2D eigenvalue weighted by Gasteiger charge is -2.03. The standard InChI is InChI=1S/C12H15ClN2O4S/c1-2-7-20(17,18)8-11(14)15-19-12(16)9-5-3-4-6-10(9)13/h3-6H,2,7-8H2,1H3,(H2,14,15). The third kappa shape index (κ3) is 5.18. The average Bonchev–Trinajstić information content (AvgIpc) is 2.35. The van der Waals surface area contributed by atoms with Crippen molar-refractivity contribution in [3.8, 4) is 0 Å². The molecule has 0 aromatic heterocycles. The van der Waals surface area contributed by atoms with Crippen molar-refractivity contribution in [1.29, 1.82) is 0 Å². The van der Waals surface area contributed by atoms with Crippen LogP contribution in [0.5, 0.6) is 0 Å². The highest BCUT2D eigenvalue weighted by Gasteiger charge is 2.14. The van der Waals surface area contributed by atoms with Gasteiger partial charge in [0, 0.05) is 0 Å². The Balaban J connectivity index is 2.68. The maximum atomic E-state index is 11.6. The van der Waals surface area contributed by atoms with Crippen LogP contribution in [0.1, 0.15) is 23.7 Å². The minimum atomic E-state index is -3.32. The van der Waals surface area contributed by atoms with Crippen LogP contribution in [0.2, 0.25) is 5.02 Å². The van der Waals surface area contributed by atoms with Gasteiger partial charge in [-0.3, -0.25) is 0 Å². The fourth-order valence-electron chi connectivity index (χ4n) is 1.41. The first-order chi connectivity index (χ1) is 9.35. The lowest BCUT2D eigenvalue weighted by molar-refractivity contribution is 0.0515. The highest BCUT2D eigenvalue weighted by Crippen LogP contribution is 2.15. The summed E-state index contributed by atoms with van der Waals surface area (Å²) in [5, 5.41) is 3.53. The number of amidine groups is 1. The molecule has 0 unspecified atom stereocenters. The number of carbonyl (C=O) groups excluding carboxylic acids is 1. The molecule has 0 atom stereocenters. The molecule has 0 aliphatic carbocycles. The number of nitrogens with zero attached hydrogens (tertiary/aromatic N) is 1. The highest BCUT2D eigenvalue weighted by atomic mass is 35.5. The number of carbonyl (C=O) groups is 1. The Labute approximate surface area is 122 Å². The summed E-state index contributed by atoms with van der Waals surface area (Å²) in [6, 6.07) is 6.26. The van der Waals surface area contributed by atoms with Gasteiger partial charge in [0.1, 0.15) is 5.75 Å². The summed E-state index contributed by atoms with van der Waals surface area (Å²) in [5.41, 5.74) is 5.54. The van der Waals surface area contributed by atoms with Crippen molar-refractivity contribution in [2.75, 3.05) is 11.5 Å². The van der Waals surface area contributed by atoms with Gasteiger partial charge in [-0.15, -0.1) is 0 Å². The van der Waals surface area contributed by atoms with Gasteiger partial charge >= 0.3 is 5.97 Å². The lowest BCUT2D eigenvalue weighted by Crippen LogP contribution is -2.26. The van der Waals surface area contributed by atoms with Crippen LogP contribution in [0.4, 0.5) is 0 Å². The maximum absolute atomic E-state index is 11.6. The molecule has 0 aliphatic heterocycles. The molecule has 8 heteroatoms. The van der Waals surface area contributed by atoms with Crippen LogP contribution in [-0.4, -0.2) is 31.7 Å². The Kier molecular flexibility index (Phi) is 5.97. The van der Waals surface area contributed by atoms with Crippen LogP contribution in [0.25, 0.3) is 0 Å². The molecular formula is C12H15ClN2O4S. The zero-order chi connectivity index (χ0) is 15.2. The molecule has 1 aromatic rings. The van der Waals surface area contributed by atoms with Gasteiger partial charge in [-0.05, 0) is 18.6 Å². The van der Waals surface area contributed by atoms with E-state index in [1.807, 2.05) is 0 Å². The third-order valence-corrected chi connectivity index (χ3v) is 4.32. The number of hydrogen-bond acceptors (Lipinski definition) is 5. The molecule has 0 spiro atoms. The van der Waals surface area contributed by atoms with Gasteiger partial charge in [0.25, 0.3) is 0 Å². The Morgan fingerprint density at radius 3 is 2.65 bits per heavy atom. The average molecular weight is 319 g/mol. The summed E-state index contributed by atoms with van der Waals surface area (Å²) in [4.78, 5) is 16.2. The molecule has 1 aromatic carbocycles. The SMILES string of the molecule is CCCS(=O)(=O)C/C(N)=N/OC(=O)c1ccccc1Cl. The van der Waals surface area contributed by atoms with E-state index in [1.54, 1.807) is 19.1 Å². The second-order valence-corrected chi connectivity index (χ2v) is 6.62. The minimum absolute atomic E-state index is 0.00167. The molecule has 0 aliphatic rings. The number of hydrogen-bond donors (Lipinski definition) is 1. The van der Waals surface area contributed by atoms with Crippen LogP contribution in [0.15, 0.2) is 29.4 Å². The molecule has 20 heavy (non-hydrogen) atoms. The van der Waals surface area contributed by atoms with Crippen molar-refractivity contribution < 1.29 is 18.0 Å². The number of halogens is 1. The predicted molar refractivity (Wildman–Crippen MR) is 77.4 cm³/mol. The van der Waals surface area contributed by atoms with Gasteiger partial charge in [-0.2, -0.15) is 0 Å². The third-order valence-electron chi connectivity index (χ3n) is 2.22. The summed E-state index contributed by atoms with van der Waals surface area (Å²) in [5.74, 6) is -1.52. The molecule has 0 heterocycles. The largest absolute Gasteiger partial charge is 0.384 e. The van der Waals surface area contributed by atoms with Crippen LogP contribution in [-0.2, 0) is 14.7 Å². The van der Waals surface area contributed by atoms with E-state index in [9.17, 15) is 13.2 Å². The van der Waals surface area contributed by atoms with E-state index in [1.165, 1.54) is 12.1 Å². The normalized spacial score (nSPS) is 12.2. The Bertz CT molecular complexity index is 614. The van der Waals surface area contributed by atoms with Gasteiger partial charge in [-0.25, -0.2) is 13.2 Å². The Hall–Kier alpha value is -1.60. The fraction of sp³-hybridized carbons (Fsp3) is 0.333. The fourth-order valence-corrected chi connectivity index (χ4v) is 2.89. The topological polar surface area (TPSA) is 98.8 Å². The first-order valence-corrected chi connectivity index (χ1v) is 8.04. The second-order valence-electron chi connectivity index (χ2n) is 4.03. The summed E-state index contributed by atoms with van der Waals surface area (Å²) in [6.07, 6.45) is 0.481. The van der Waals surface area contributed by atoms with Gasteiger partial charge in [0.15, 0.2) is 15.7 Å². The number of oxime groups is 1. The first-order valence-electron chi connectivity index (χ1n) is 5.84. The van der Waals surface area contributed by atoms with E-state index in [-0.39, 0.29) is 22.2 Å². The van der Waals surface area contributed by atoms with Crippen molar-refractivity contribution >= 4 is 33.2 Å². The van der Waals surface area contributed by atoms with E-state index in [2.05, 4.69) is 9.99 Å². The van der Waals surface area contributed by atoms with E-state index in [0.29, 0.717) is 6.42 Å². The molecule has 0 bridgehead atoms. The molecule has 2 N–H and O–H groups in total. The quantitative estimate of drug-likeness (QED) is 0.372. The van der Waals surface area contributed by atoms with Crippen LogP contribution >= 0.6 is 11.6 Å². The van der Waals surface area contributed by atoms with Crippen molar-refractivity contribution in [3.05, 3.63) is 34.9 Å². The number of nitrogens with two attached hydrogens (primary N) is 1. The minimum Gasteiger partial charge on any atom is -0.384 e. The molecular weight excluding hydrogens is 304 g/mol. The van der Waals surface area contributed by atoms with Gasteiger partial charge in [-0.1, -0.05) is 35.8 Å². The number of sulfone groups is 1. The number of rotatable bonds is 6. The van der Waals surface area contributed by atoms with Crippen molar-refractivity contribution in [2.24, 2.45) is 10.9 Å². The van der Waals surface area contributed by atoms with E-state index in [0.717, 1.165) is 0 Å². The first kappa shape index (κ1) is 16.5. The monoisotopic (exact) mass is 318 g/mol. The number of benzene rings is 1. The molecule has 1 rings (SSSR count). The summed E-state index contributed by atoms with van der Waals surface area (Å²) in [6.45, 7) is 1.74. The van der Waals surface area contributed by atoms with E-state index in [4.69, 9.17) is 17.3 Å². The van der Waals surface area contributed by atoms with E-state index >= 15 is 0 Å². The van der Waals surface area contributed by atoms with Gasteiger partial charge in [0.05, 0.1) is 16.3 Å². The Morgan fingerprint density at radius 2 is 2.05 bits per heavy atom. The zero-order valence-corrected chi connectivity index (χ0v) is 12.4. The molecule has 0 fully saturated rings. The van der Waals surface area contributed by atoms with Crippen molar-refractivity contribution in [3.63, 3.8) is 0 Å². The molecule has 6 nitrogen and oxygen atoms in total. The van der Waals surface area contributed by atoms with Gasteiger partial charge in [0.2, 0.25) is 0 Å². The maximum Gasteiger partial charge on any atom is 0.367 e. The molecule has 0 amide bonds. The van der Waals surface area contributed by atoms with Crippen molar-refractivity contribution in [1.82, 2.24) is 0 Å². The van der Waals surface area contributed by atoms with Crippen LogP contribution < -0.4 is 5.73 Å². The summed E-state index contributed by atoms with van der Waals surface area (Å²) >= 11 is 5.81. The molecule has 0 saturated carbocycles. The zero-order valence-electron chi connectivity index (χ0n) is 10.9. The predicted octanol–water partition coefficient (Wildman–Crippen LogP) is 1.59. The van der Waals surface area contributed by atoms with Gasteiger partial charge < -0.3 is 10.6 Å². The second kappa shape index (κ2) is 7.25. The smallest absolute Gasteiger partial charge is 0.367 e. The molecule has 110 valence electrons. The summed E-state index contributed by atoms with van der Waals surface area (Å²) in [7, 11) is -3.32. The van der Waals surface area contributed by atoms with Crippen LogP contribution in [0, 0.1) is 0 Å². The summed E-state index contributed by atoms with van der Waals surface area (Å²) < 4.78 is 23.0. The molecule has 0 radical (unpaired) electrons. The molecule has 0 saturated heterocycles. The van der Waals surface area contributed by atoms with E-state index < -0.39 is 21.6 Å². The van der Waals surface area contributed by atoms with Crippen LogP contribution in [0.3, 0.4) is 0 Å². The Morgan fingerprint density at radius 1 is 1.40 bits per heavy atom. The lowest BCUT2D eigenvalue weighted by atomic mass is 10.2. The highest BCUT2D eigenvalue weighted by molar-refractivity contribution is 7.92. The van der Waals surface area contributed by atoms with Crippen molar-refractivity contribution in [2.45, 2.75) is 13.3 Å².